The Morgan fingerprint density at radius 2 is 1.31 bits per heavy atom. The van der Waals surface area contributed by atoms with Crippen molar-refractivity contribution in [2.24, 2.45) is 0 Å². The van der Waals surface area contributed by atoms with Crippen LogP contribution in [0.4, 0.5) is 0 Å². The molecule has 0 radical (unpaired) electrons. The Balaban J connectivity index is 2.05. The van der Waals surface area contributed by atoms with Gasteiger partial charge in [0, 0.05) is 26.2 Å². The van der Waals surface area contributed by atoms with E-state index >= 15 is 0 Å². The van der Waals surface area contributed by atoms with Gasteiger partial charge in [-0.2, -0.15) is 0 Å². The van der Waals surface area contributed by atoms with Crippen LogP contribution in [-0.2, 0) is 17.8 Å². The lowest BCUT2D eigenvalue weighted by molar-refractivity contribution is 0.0179. The molecule has 5 heteroatoms. The minimum atomic E-state index is -0.522. The van der Waals surface area contributed by atoms with E-state index in [1.165, 1.54) is 11.1 Å². The minimum Gasteiger partial charge on any atom is -0.497 e. The normalized spacial score (nSPS) is 12.2. The summed E-state index contributed by atoms with van der Waals surface area (Å²) in [6, 6.07) is 16.0. The van der Waals surface area contributed by atoms with Crippen molar-refractivity contribution in [2.45, 2.75) is 26.1 Å². The zero-order chi connectivity index (χ0) is 18.8. The standard InChI is InChI=1S/C21H29NO4/c1-4-26-16-19(23)15-22(13-17-5-9-20(24-2)10-6-17)14-18-7-11-21(25-3)12-8-18/h5-12,19,23H,4,13-16H2,1-3H3/t19-/m1/s1. The molecule has 0 spiro atoms. The molecule has 0 aliphatic rings. The first-order valence-corrected chi connectivity index (χ1v) is 8.88. The molecular formula is C21H29NO4. The van der Waals surface area contributed by atoms with Crippen molar-refractivity contribution in [3.63, 3.8) is 0 Å². The highest BCUT2D eigenvalue weighted by molar-refractivity contribution is 5.28. The van der Waals surface area contributed by atoms with Crippen LogP contribution in [0.5, 0.6) is 11.5 Å². The topological polar surface area (TPSA) is 51.2 Å². The third-order valence-corrected chi connectivity index (χ3v) is 4.11. The molecule has 2 aromatic rings. The quantitative estimate of drug-likeness (QED) is 0.668. The van der Waals surface area contributed by atoms with E-state index in [0.717, 1.165) is 24.6 Å². The maximum absolute atomic E-state index is 10.3. The van der Waals surface area contributed by atoms with Crippen LogP contribution in [0.15, 0.2) is 48.5 Å². The van der Waals surface area contributed by atoms with E-state index in [-0.39, 0.29) is 0 Å². The summed E-state index contributed by atoms with van der Waals surface area (Å²) in [5.74, 6) is 1.68. The van der Waals surface area contributed by atoms with Crippen LogP contribution in [0.1, 0.15) is 18.1 Å². The van der Waals surface area contributed by atoms with Gasteiger partial charge < -0.3 is 19.3 Å². The summed E-state index contributed by atoms with van der Waals surface area (Å²) >= 11 is 0. The van der Waals surface area contributed by atoms with E-state index in [2.05, 4.69) is 29.2 Å². The fourth-order valence-corrected chi connectivity index (χ4v) is 2.77. The van der Waals surface area contributed by atoms with Crippen LogP contribution in [-0.4, -0.2) is 50.1 Å². The fraction of sp³-hybridized carbons (Fsp3) is 0.429. The second-order valence-electron chi connectivity index (χ2n) is 6.18. The average molecular weight is 359 g/mol. The van der Waals surface area contributed by atoms with Gasteiger partial charge in [0.1, 0.15) is 11.5 Å². The van der Waals surface area contributed by atoms with Gasteiger partial charge in [0.2, 0.25) is 0 Å². The molecule has 0 saturated carbocycles. The molecule has 0 amide bonds. The molecule has 0 aliphatic carbocycles. The summed E-state index contributed by atoms with van der Waals surface area (Å²) in [6.45, 7) is 4.89. The lowest BCUT2D eigenvalue weighted by Crippen LogP contribution is -2.34. The van der Waals surface area contributed by atoms with Gasteiger partial charge in [-0.1, -0.05) is 24.3 Å². The molecule has 5 nitrogen and oxygen atoms in total. The number of nitrogens with zero attached hydrogens (tertiary/aromatic N) is 1. The molecule has 0 fully saturated rings. The van der Waals surface area contributed by atoms with E-state index in [9.17, 15) is 5.11 Å². The number of hydrogen-bond acceptors (Lipinski definition) is 5. The zero-order valence-electron chi connectivity index (χ0n) is 15.9. The predicted octanol–water partition coefficient (Wildman–Crippen LogP) is 3.10. The molecule has 2 aromatic carbocycles. The second kappa shape index (κ2) is 10.8. The summed E-state index contributed by atoms with van der Waals surface area (Å²) in [5.41, 5.74) is 2.34. The van der Waals surface area contributed by atoms with Crippen LogP contribution in [0.25, 0.3) is 0 Å². The summed E-state index contributed by atoms with van der Waals surface area (Å²) in [4.78, 5) is 2.22. The van der Waals surface area contributed by atoms with Crippen molar-refractivity contribution >= 4 is 0 Å². The number of ether oxygens (including phenoxy) is 3. The molecule has 26 heavy (non-hydrogen) atoms. The van der Waals surface area contributed by atoms with Gasteiger partial charge in [0.15, 0.2) is 0 Å². The van der Waals surface area contributed by atoms with Gasteiger partial charge in [-0.3, -0.25) is 4.90 Å². The van der Waals surface area contributed by atoms with Crippen LogP contribution in [0.3, 0.4) is 0 Å². The Kier molecular flexibility index (Phi) is 8.41. The molecule has 0 aromatic heterocycles. The van der Waals surface area contributed by atoms with Crippen LogP contribution < -0.4 is 9.47 Å². The highest BCUT2D eigenvalue weighted by Crippen LogP contribution is 2.17. The van der Waals surface area contributed by atoms with Crippen molar-refractivity contribution in [2.75, 3.05) is 34.0 Å². The number of benzene rings is 2. The Hall–Kier alpha value is -2.08. The Bertz CT molecular complexity index is 578. The third-order valence-electron chi connectivity index (χ3n) is 4.11. The van der Waals surface area contributed by atoms with Gasteiger partial charge in [-0.15, -0.1) is 0 Å². The summed E-state index contributed by atoms with van der Waals surface area (Å²) < 4.78 is 15.8. The smallest absolute Gasteiger partial charge is 0.118 e. The first kappa shape index (κ1) is 20.2. The van der Waals surface area contributed by atoms with Crippen LogP contribution in [0.2, 0.25) is 0 Å². The maximum Gasteiger partial charge on any atom is 0.118 e. The molecule has 0 heterocycles. The number of aliphatic hydroxyl groups excluding tert-OH is 1. The Morgan fingerprint density at radius 1 is 0.846 bits per heavy atom. The highest BCUT2D eigenvalue weighted by Gasteiger charge is 2.13. The largest absolute Gasteiger partial charge is 0.497 e. The number of aliphatic hydroxyl groups is 1. The molecule has 0 bridgehead atoms. The van der Waals surface area contributed by atoms with Crippen molar-refractivity contribution < 1.29 is 19.3 Å². The zero-order valence-corrected chi connectivity index (χ0v) is 15.9. The van der Waals surface area contributed by atoms with Crippen LogP contribution >= 0.6 is 0 Å². The first-order chi connectivity index (χ1) is 12.6. The predicted molar refractivity (Wildman–Crippen MR) is 103 cm³/mol. The number of hydrogen-bond donors (Lipinski definition) is 1. The fourth-order valence-electron chi connectivity index (χ4n) is 2.77. The third kappa shape index (κ3) is 6.67. The van der Waals surface area contributed by atoms with Crippen molar-refractivity contribution in [1.29, 1.82) is 0 Å². The lowest BCUT2D eigenvalue weighted by Gasteiger charge is -2.25. The summed E-state index contributed by atoms with van der Waals surface area (Å²) in [5, 5.41) is 10.3. The molecule has 2 rings (SSSR count). The molecule has 1 N–H and O–H groups in total. The van der Waals surface area contributed by atoms with Crippen LogP contribution in [0, 0.1) is 0 Å². The first-order valence-electron chi connectivity index (χ1n) is 8.88. The van der Waals surface area contributed by atoms with E-state index in [1.54, 1.807) is 14.2 Å². The number of rotatable bonds is 11. The molecular weight excluding hydrogens is 330 g/mol. The van der Waals surface area contributed by atoms with E-state index < -0.39 is 6.10 Å². The van der Waals surface area contributed by atoms with Gasteiger partial charge in [0.05, 0.1) is 26.9 Å². The van der Waals surface area contributed by atoms with Gasteiger partial charge in [-0.25, -0.2) is 0 Å². The van der Waals surface area contributed by atoms with Crippen molar-refractivity contribution in [1.82, 2.24) is 4.90 Å². The van der Waals surface area contributed by atoms with Crippen molar-refractivity contribution in [3.05, 3.63) is 59.7 Å². The highest BCUT2D eigenvalue weighted by atomic mass is 16.5. The molecule has 0 saturated heterocycles. The summed E-state index contributed by atoms with van der Waals surface area (Å²) in [7, 11) is 3.32. The summed E-state index contributed by atoms with van der Waals surface area (Å²) in [6.07, 6.45) is -0.522. The van der Waals surface area contributed by atoms with Crippen molar-refractivity contribution in [3.8, 4) is 11.5 Å². The Labute approximate surface area is 156 Å². The van der Waals surface area contributed by atoms with Gasteiger partial charge in [-0.05, 0) is 42.3 Å². The van der Waals surface area contributed by atoms with Gasteiger partial charge in [0.25, 0.3) is 0 Å². The monoisotopic (exact) mass is 359 g/mol. The molecule has 1 atom stereocenters. The minimum absolute atomic E-state index is 0.345. The Morgan fingerprint density at radius 3 is 1.69 bits per heavy atom. The van der Waals surface area contributed by atoms with E-state index in [4.69, 9.17) is 14.2 Å². The van der Waals surface area contributed by atoms with E-state index in [0.29, 0.717) is 19.8 Å². The average Bonchev–Trinajstić information content (AvgIpc) is 2.67. The molecule has 0 unspecified atom stereocenters. The lowest BCUT2D eigenvalue weighted by atomic mass is 10.1. The maximum atomic E-state index is 10.3. The SMILES string of the molecule is CCOC[C@H](O)CN(Cc1ccc(OC)cc1)Cc1ccc(OC)cc1. The van der Waals surface area contributed by atoms with Gasteiger partial charge >= 0.3 is 0 Å². The van der Waals surface area contributed by atoms with E-state index in [1.807, 2.05) is 31.2 Å². The number of methoxy groups -OCH3 is 2. The molecule has 0 aliphatic heterocycles. The second-order valence-corrected chi connectivity index (χ2v) is 6.18. The molecule has 142 valence electrons.